The number of carboxylic acids is 1. The van der Waals surface area contributed by atoms with Gasteiger partial charge in [-0.25, -0.2) is 4.79 Å². The molecule has 0 bridgehead atoms. The fourth-order valence-electron chi connectivity index (χ4n) is 2.59. The Morgan fingerprint density at radius 2 is 2.00 bits per heavy atom. The first-order chi connectivity index (χ1) is 8.51. The van der Waals surface area contributed by atoms with Crippen molar-refractivity contribution in [1.29, 1.82) is 0 Å². The van der Waals surface area contributed by atoms with Crippen LogP contribution in [0.25, 0.3) is 0 Å². The molecule has 0 saturated carbocycles. The van der Waals surface area contributed by atoms with Gasteiger partial charge in [-0.3, -0.25) is 0 Å². The number of benzene rings is 1. The molecule has 1 aliphatic rings. The zero-order valence-electron chi connectivity index (χ0n) is 10.7. The smallest absolute Gasteiger partial charge is 0.337 e. The third-order valence-corrected chi connectivity index (χ3v) is 4.32. The van der Waals surface area contributed by atoms with Crippen molar-refractivity contribution in [3.8, 4) is 0 Å². The van der Waals surface area contributed by atoms with E-state index in [0.29, 0.717) is 16.0 Å². The van der Waals surface area contributed by atoms with Crippen molar-refractivity contribution in [3.05, 3.63) is 28.8 Å². The maximum absolute atomic E-state index is 11.2. The van der Waals surface area contributed by atoms with E-state index in [4.69, 9.17) is 11.6 Å². The fourth-order valence-corrected chi connectivity index (χ4v) is 2.76. The first-order valence-corrected chi connectivity index (χ1v) is 6.67. The summed E-state index contributed by atoms with van der Waals surface area (Å²) in [5.41, 5.74) is 1.43. The maximum atomic E-state index is 11.2. The number of rotatable bonds is 4. The lowest BCUT2D eigenvalue weighted by Crippen LogP contribution is -2.56. The quantitative estimate of drug-likeness (QED) is 0.905. The molecular weight excluding hydrogens is 250 g/mol. The highest BCUT2D eigenvalue weighted by Crippen LogP contribution is 2.41. The van der Waals surface area contributed by atoms with E-state index >= 15 is 0 Å². The van der Waals surface area contributed by atoms with Crippen molar-refractivity contribution in [1.82, 2.24) is 0 Å². The molecule has 3 nitrogen and oxygen atoms in total. The number of carbonyl (C=O) groups is 1. The topological polar surface area (TPSA) is 40.5 Å². The Bertz CT molecular complexity index is 461. The molecule has 0 atom stereocenters. The standard InChI is InChI=1S/C14H18ClNO2/c1-3-14(4-2)8-16(9-14)12-6-5-10(15)7-11(12)13(17)18/h5-7H,3-4,8-9H2,1-2H3,(H,17,18). The number of aromatic carboxylic acids is 1. The molecule has 18 heavy (non-hydrogen) atoms. The molecule has 1 saturated heterocycles. The molecule has 0 spiro atoms. The molecule has 98 valence electrons. The maximum Gasteiger partial charge on any atom is 0.337 e. The van der Waals surface area contributed by atoms with Crippen molar-refractivity contribution < 1.29 is 9.90 Å². The van der Waals surface area contributed by atoms with Crippen molar-refractivity contribution in [2.75, 3.05) is 18.0 Å². The summed E-state index contributed by atoms with van der Waals surface area (Å²) in [6.07, 6.45) is 2.27. The number of hydrogen-bond donors (Lipinski definition) is 1. The van der Waals surface area contributed by atoms with Crippen molar-refractivity contribution in [2.45, 2.75) is 26.7 Å². The molecule has 0 aromatic heterocycles. The van der Waals surface area contributed by atoms with E-state index in [2.05, 4.69) is 18.7 Å². The van der Waals surface area contributed by atoms with Gasteiger partial charge in [0.05, 0.1) is 11.3 Å². The number of hydrogen-bond acceptors (Lipinski definition) is 2. The molecule has 0 radical (unpaired) electrons. The average Bonchev–Trinajstić information content (AvgIpc) is 2.30. The Morgan fingerprint density at radius 3 is 2.50 bits per heavy atom. The Hall–Kier alpha value is -1.22. The lowest BCUT2D eigenvalue weighted by molar-refractivity contribution is 0.0696. The zero-order valence-corrected chi connectivity index (χ0v) is 11.5. The van der Waals surface area contributed by atoms with Crippen molar-refractivity contribution >= 4 is 23.3 Å². The third-order valence-electron chi connectivity index (χ3n) is 4.08. The van der Waals surface area contributed by atoms with Gasteiger partial charge < -0.3 is 10.0 Å². The van der Waals surface area contributed by atoms with Crippen LogP contribution in [0.15, 0.2) is 18.2 Å². The second kappa shape index (κ2) is 4.81. The van der Waals surface area contributed by atoms with Gasteiger partial charge in [-0.05, 0) is 31.0 Å². The van der Waals surface area contributed by atoms with Gasteiger partial charge in [-0.2, -0.15) is 0 Å². The van der Waals surface area contributed by atoms with Gasteiger partial charge in [0, 0.05) is 23.5 Å². The van der Waals surface area contributed by atoms with Gasteiger partial charge >= 0.3 is 5.97 Å². The highest BCUT2D eigenvalue weighted by Gasteiger charge is 2.40. The molecule has 1 aromatic carbocycles. The van der Waals surface area contributed by atoms with Crippen LogP contribution in [0.4, 0.5) is 5.69 Å². The van der Waals surface area contributed by atoms with Crippen LogP contribution >= 0.6 is 11.6 Å². The van der Waals surface area contributed by atoms with Crippen LogP contribution < -0.4 is 4.90 Å². The molecule has 1 aromatic rings. The lowest BCUT2D eigenvalue weighted by atomic mass is 9.75. The van der Waals surface area contributed by atoms with Crippen LogP contribution in [0.2, 0.25) is 5.02 Å². The monoisotopic (exact) mass is 267 g/mol. The molecule has 1 fully saturated rings. The highest BCUT2D eigenvalue weighted by atomic mass is 35.5. The van der Waals surface area contributed by atoms with Crippen molar-refractivity contribution in [3.63, 3.8) is 0 Å². The van der Waals surface area contributed by atoms with Gasteiger partial charge in [-0.15, -0.1) is 0 Å². The van der Waals surface area contributed by atoms with Crippen LogP contribution in [0.1, 0.15) is 37.0 Å². The Balaban J connectivity index is 2.24. The summed E-state index contributed by atoms with van der Waals surface area (Å²) in [6, 6.07) is 5.08. The van der Waals surface area contributed by atoms with Gasteiger partial charge in [0.1, 0.15) is 0 Å². The molecular formula is C14H18ClNO2. The molecule has 4 heteroatoms. The molecule has 1 aliphatic heterocycles. The van der Waals surface area contributed by atoms with Gasteiger partial charge in [-0.1, -0.05) is 25.4 Å². The van der Waals surface area contributed by atoms with Gasteiger partial charge in [0.25, 0.3) is 0 Å². The summed E-state index contributed by atoms with van der Waals surface area (Å²) < 4.78 is 0. The van der Waals surface area contributed by atoms with Crippen molar-refractivity contribution in [2.24, 2.45) is 5.41 Å². The van der Waals surface area contributed by atoms with E-state index in [1.807, 2.05) is 0 Å². The van der Waals surface area contributed by atoms with E-state index in [-0.39, 0.29) is 0 Å². The molecule has 0 unspecified atom stereocenters. The minimum atomic E-state index is -0.919. The van der Waals surface area contributed by atoms with Crippen LogP contribution in [0.3, 0.4) is 0 Å². The number of halogens is 1. The molecule has 0 amide bonds. The summed E-state index contributed by atoms with van der Waals surface area (Å²) in [5, 5.41) is 9.68. The first kappa shape index (κ1) is 13.2. The number of anilines is 1. The average molecular weight is 268 g/mol. The fraction of sp³-hybridized carbons (Fsp3) is 0.500. The summed E-state index contributed by atoms with van der Waals surface area (Å²) >= 11 is 5.86. The predicted octanol–water partition coefficient (Wildman–Crippen LogP) is 3.66. The minimum absolute atomic E-state index is 0.295. The largest absolute Gasteiger partial charge is 0.478 e. The lowest BCUT2D eigenvalue weighted by Gasteiger charge is -2.51. The van der Waals surface area contributed by atoms with Crippen LogP contribution in [-0.4, -0.2) is 24.2 Å². The third kappa shape index (κ3) is 2.19. The second-order valence-electron chi connectivity index (χ2n) is 5.03. The summed E-state index contributed by atoms with van der Waals surface area (Å²) in [5.74, 6) is -0.919. The van der Waals surface area contributed by atoms with Crippen LogP contribution in [0, 0.1) is 5.41 Å². The van der Waals surface area contributed by atoms with E-state index in [1.165, 1.54) is 6.07 Å². The van der Waals surface area contributed by atoms with E-state index in [9.17, 15) is 9.90 Å². The zero-order chi connectivity index (χ0) is 13.3. The van der Waals surface area contributed by atoms with E-state index in [1.54, 1.807) is 12.1 Å². The number of nitrogens with zero attached hydrogens (tertiary/aromatic N) is 1. The number of carboxylic acid groups (broad SMARTS) is 1. The van der Waals surface area contributed by atoms with Crippen LogP contribution in [0.5, 0.6) is 0 Å². The van der Waals surface area contributed by atoms with E-state index < -0.39 is 5.97 Å². The van der Waals surface area contributed by atoms with E-state index in [0.717, 1.165) is 31.6 Å². The Labute approximate surface area is 112 Å². The molecule has 1 heterocycles. The highest BCUT2D eigenvalue weighted by molar-refractivity contribution is 6.31. The Morgan fingerprint density at radius 1 is 1.39 bits per heavy atom. The molecule has 1 N–H and O–H groups in total. The summed E-state index contributed by atoms with van der Waals surface area (Å²) in [4.78, 5) is 13.4. The summed E-state index contributed by atoms with van der Waals surface area (Å²) in [7, 11) is 0. The molecule has 0 aliphatic carbocycles. The molecule has 2 rings (SSSR count). The second-order valence-corrected chi connectivity index (χ2v) is 5.47. The minimum Gasteiger partial charge on any atom is -0.478 e. The van der Waals surface area contributed by atoms with Gasteiger partial charge in [0.15, 0.2) is 0 Å². The van der Waals surface area contributed by atoms with Crippen LogP contribution in [-0.2, 0) is 0 Å². The van der Waals surface area contributed by atoms with Gasteiger partial charge in [0.2, 0.25) is 0 Å². The first-order valence-electron chi connectivity index (χ1n) is 6.29. The normalized spacial score (nSPS) is 17.4. The SMILES string of the molecule is CCC1(CC)CN(c2ccc(Cl)cc2C(=O)O)C1. The predicted molar refractivity (Wildman–Crippen MR) is 73.6 cm³/mol. The Kier molecular flexibility index (Phi) is 3.53. The summed E-state index contributed by atoms with van der Waals surface area (Å²) in [6.45, 7) is 6.26.